The molecule has 0 amide bonds. The molecule has 0 aromatic heterocycles. The van der Waals surface area contributed by atoms with Crippen LogP contribution in [0.25, 0.3) is 0 Å². The molecule has 0 radical (unpaired) electrons. The van der Waals surface area contributed by atoms with Crippen molar-refractivity contribution in [1.82, 2.24) is 4.31 Å². The van der Waals surface area contributed by atoms with Gasteiger partial charge >= 0.3 is 0 Å². The van der Waals surface area contributed by atoms with Crippen molar-refractivity contribution in [2.45, 2.75) is 50.5 Å². The Labute approximate surface area is 127 Å². The Hall–Kier alpha value is -1.38. The maximum Gasteiger partial charge on any atom is 0.243 e. The molecule has 1 aliphatic rings. The van der Waals surface area contributed by atoms with E-state index in [-0.39, 0.29) is 10.9 Å². The number of sulfonamides is 1. The number of benzene rings is 1. The van der Waals surface area contributed by atoms with Gasteiger partial charge in [0.25, 0.3) is 0 Å². The minimum atomic E-state index is -3.49. The fraction of sp³-hybridized carbons (Fsp3) is 0.562. The summed E-state index contributed by atoms with van der Waals surface area (Å²) in [5, 5.41) is 8.94. The molecule has 1 saturated carbocycles. The molecule has 1 aromatic carbocycles. The van der Waals surface area contributed by atoms with Gasteiger partial charge in [-0.1, -0.05) is 19.8 Å². The zero-order valence-electron chi connectivity index (χ0n) is 12.8. The zero-order valence-corrected chi connectivity index (χ0v) is 13.7. The summed E-state index contributed by atoms with van der Waals surface area (Å²) in [5.74, 6) is 0.573. The third-order valence-corrected chi connectivity index (χ3v) is 6.32. The predicted octanol–water partition coefficient (Wildman–Crippen LogP) is 3.07. The van der Waals surface area contributed by atoms with Gasteiger partial charge < -0.3 is 0 Å². The van der Waals surface area contributed by atoms with Crippen molar-refractivity contribution in [3.8, 4) is 6.07 Å². The summed E-state index contributed by atoms with van der Waals surface area (Å²) in [5.41, 5.74) is 1.21. The molecule has 2 rings (SSSR count). The van der Waals surface area contributed by atoms with E-state index in [0.717, 1.165) is 19.3 Å². The van der Waals surface area contributed by atoms with Crippen LogP contribution in [-0.4, -0.2) is 25.8 Å². The number of aryl methyl sites for hydroxylation is 1. The van der Waals surface area contributed by atoms with Gasteiger partial charge in [-0.05, 0) is 49.4 Å². The minimum Gasteiger partial charge on any atom is -0.207 e. The van der Waals surface area contributed by atoms with Gasteiger partial charge in [-0.2, -0.15) is 9.57 Å². The summed E-state index contributed by atoms with van der Waals surface area (Å²) >= 11 is 0. The highest BCUT2D eigenvalue weighted by molar-refractivity contribution is 7.89. The van der Waals surface area contributed by atoms with Crippen LogP contribution < -0.4 is 0 Å². The number of hydrogen-bond acceptors (Lipinski definition) is 3. The first-order valence-corrected chi connectivity index (χ1v) is 8.79. The molecule has 1 fully saturated rings. The highest BCUT2D eigenvalue weighted by Crippen LogP contribution is 2.30. The van der Waals surface area contributed by atoms with Crippen LogP contribution >= 0.6 is 0 Å². The van der Waals surface area contributed by atoms with Gasteiger partial charge in [0.1, 0.15) is 0 Å². The SMILES string of the molecule is Cc1cc(S(=O)(=O)N(C)C2CCCC(C)C2)ccc1C#N. The topological polar surface area (TPSA) is 61.2 Å². The maximum absolute atomic E-state index is 12.7. The van der Waals surface area contributed by atoms with Gasteiger partial charge in [0.05, 0.1) is 16.5 Å². The fourth-order valence-corrected chi connectivity index (χ4v) is 4.50. The van der Waals surface area contributed by atoms with Gasteiger partial charge in [0.15, 0.2) is 0 Å². The van der Waals surface area contributed by atoms with Crippen LogP contribution in [0.1, 0.15) is 43.7 Å². The van der Waals surface area contributed by atoms with E-state index in [0.29, 0.717) is 17.0 Å². The summed E-state index contributed by atoms with van der Waals surface area (Å²) in [6.45, 7) is 3.94. The van der Waals surface area contributed by atoms with Crippen LogP contribution in [-0.2, 0) is 10.0 Å². The standard InChI is InChI=1S/C16H22N2O2S/c1-12-5-4-6-15(9-12)18(3)21(19,20)16-8-7-14(11-17)13(2)10-16/h7-8,10,12,15H,4-6,9H2,1-3H3. The minimum absolute atomic E-state index is 0.0784. The molecule has 5 heteroatoms. The third kappa shape index (κ3) is 3.28. The average molecular weight is 306 g/mol. The van der Waals surface area contributed by atoms with Crippen LogP contribution in [0.5, 0.6) is 0 Å². The maximum atomic E-state index is 12.7. The lowest BCUT2D eigenvalue weighted by Crippen LogP contribution is -2.39. The summed E-state index contributed by atoms with van der Waals surface area (Å²) in [6, 6.07) is 6.85. The van der Waals surface area contributed by atoms with Crippen molar-refractivity contribution in [3.63, 3.8) is 0 Å². The van der Waals surface area contributed by atoms with E-state index in [2.05, 4.69) is 13.0 Å². The van der Waals surface area contributed by atoms with Gasteiger partial charge in [-0.25, -0.2) is 8.42 Å². The second-order valence-electron chi connectivity index (χ2n) is 6.04. The molecule has 0 spiro atoms. The second-order valence-corrected chi connectivity index (χ2v) is 8.03. The van der Waals surface area contributed by atoms with Crippen molar-refractivity contribution in [2.24, 2.45) is 5.92 Å². The van der Waals surface area contributed by atoms with Crippen molar-refractivity contribution < 1.29 is 8.42 Å². The van der Waals surface area contributed by atoms with E-state index in [4.69, 9.17) is 5.26 Å². The molecule has 114 valence electrons. The lowest BCUT2D eigenvalue weighted by molar-refractivity contribution is 0.239. The van der Waals surface area contributed by atoms with E-state index in [9.17, 15) is 8.42 Å². The summed E-state index contributed by atoms with van der Waals surface area (Å²) in [4.78, 5) is 0.278. The largest absolute Gasteiger partial charge is 0.243 e. The lowest BCUT2D eigenvalue weighted by Gasteiger charge is -2.33. The molecule has 0 heterocycles. The molecule has 1 aliphatic carbocycles. The highest BCUT2D eigenvalue weighted by Gasteiger charge is 2.31. The monoisotopic (exact) mass is 306 g/mol. The molecule has 4 nitrogen and oxygen atoms in total. The zero-order chi connectivity index (χ0) is 15.6. The van der Waals surface area contributed by atoms with E-state index in [1.807, 2.05) is 0 Å². The van der Waals surface area contributed by atoms with Gasteiger partial charge in [0, 0.05) is 13.1 Å². The second kappa shape index (κ2) is 6.17. The lowest BCUT2D eigenvalue weighted by atomic mass is 9.87. The average Bonchev–Trinajstić information content (AvgIpc) is 2.46. The summed E-state index contributed by atoms with van der Waals surface area (Å²) in [6.07, 6.45) is 4.11. The predicted molar refractivity (Wildman–Crippen MR) is 82.3 cm³/mol. The Balaban J connectivity index is 2.29. The van der Waals surface area contributed by atoms with E-state index in [1.54, 1.807) is 26.1 Å². The smallest absolute Gasteiger partial charge is 0.207 e. The Morgan fingerprint density at radius 3 is 2.62 bits per heavy atom. The number of nitriles is 1. The van der Waals surface area contributed by atoms with Crippen LogP contribution in [0.2, 0.25) is 0 Å². The Morgan fingerprint density at radius 2 is 2.05 bits per heavy atom. The van der Waals surface area contributed by atoms with Crippen molar-refractivity contribution >= 4 is 10.0 Å². The van der Waals surface area contributed by atoms with Crippen LogP contribution in [0.4, 0.5) is 0 Å². The number of nitrogens with zero attached hydrogens (tertiary/aromatic N) is 2. The Bertz CT molecular complexity index is 661. The molecular formula is C16H22N2O2S. The van der Waals surface area contributed by atoms with Crippen LogP contribution in [0.15, 0.2) is 23.1 Å². The van der Waals surface area contributed by atoms with Gasteiger partial charge in [-0.3, -0.25) is 0 Å². The summed E-state index contributed by atoms with van der Waals surface area (Å²) in [7, 11) is -1.81. The first-order valence-electron chi connectivity index (χ1n) is 7.35. The van der Waals surface area contributed by atoms with Crippen LogP contribution in [0, 0.1) is 24.2 Å². The van der Waals surface area contributed by atoms with Crippen molar-refractivity contribution in [2.75, 3.05) is 7.05 Å². The molecule has 21 heavy (non-hydrogen) atoms. The normalized spacial score (nSPS) is 23.0. The highest BCUT2D eigenvalue weighted by atomic mass is 32.2. The quantitative estimate of drug-likeness (QED) is 0.862. The van der Waals surface area contributed by atoms with Gasteiger partial charge in [0.2, 0.25) is 10.0 Å². The van der Waals surface area contributed by atoms with Gasteiger partial charge in [-0.15, -0.1) is 0 Å². The van der Waals surface area contributed by atoms with Crippen LogP contribution in [0.3, 0.4) is 0 Å². The molecule has 0 saturated heterocycles. The molecular weight excluding hydrogens is 284 g/mol. The molecule has 0 N–H and O–H groups in total. The fourth-order valence-electron chi connectivity index (χ4n) is 3.02. The van der Waals surface area contributed by atoms with E-state index >= 15 is 0 Å². The molecule has 1 aromatic rings. The Morgan fingerprint density at radius 1 is 1.33 bits per heavy atom. The summed E-state index contributed by atoms with van der Waals surface area (Å²) < 4.78 is 27.0. The van der Waals surface area contributed by atoms with Crippen molar-refractivity contribution in [3.05, 3.63) is 29.3 Å². The molecule has 0 aliphatic heterocycles. The third-order valence-electron chi connectivity index (χ3n) is 4.42. The van der Waals surface area contributed by atoms with Crippen molar-refractivity contribution in [1.29, 1.82) is 5.26 Å². The molecule has 2 atom stereocenters. The molecule has 2 unspecified atom stereocenters. The number of rotatable bonds is 3. The van der Waals surface area contributed by atoms with E-state index in [1.165, 1.54) is 16.8 Å². The Kier molecular flexibility index (Phi) is 4.70. The first-order chi connectivity index (χ1) is 9.86. The first kappa shape index (κ1) is 16.0. The van der Waals surface area contributed by atoms with E-state index < -0.39 is 10.0 Å². The number of hydrogen-bond donors (Lipinski definition) is 0. The molecule has 0 bridgehead atoms.